The summed E-state index contributed by atoms with van der Waals surface area (Å²) in [6.45, 7) is 3.03. The quantitative estimate of drug-likeness (QED) is 0.904. The maximum Gasteiger partial charge on any atom is 0.251 e. The SMILES string of the molecule is O=C(NCCC1CN(c2ccccc2)CCO1)c1cccc(Cl)c1. The van der Waals surface area contributed by atoms with E-state index in [2.05, 4.69) is 22.3 Å². The van der Waals surface area contributed by atoms with Crippen LogP contribution in [0.4, 0.5) is 5.69 Å². The Morgan fingerprint density at radius 2 is 2.04 bits per heavy atom. The second-order valence-corrected chi connectivity index (χ2v) is 6.27. The summed E-state index contributed by atoms with van der Waals surface area (Å²) in [4.78, 5) is 14.4. The summed E-state index contributed by atoms with van der Waals surface area (Å²) >= 11 is 5.91. The number of nitrogens with one attached hydrogen (secondary N) is 1. The highest BCUT2D eigenvalue weighted by Crippen LogP contribution is 2.18. The molecule has 0 saturated carbocycles. The van der Waals surface area contributed by atoms with E-state index >= 15 is 0 Å². The molecule has 0 radical (unpaired) electrons. The fraction of sp³-hybridized carbons (Fsp3) is 0.316. The number of ether oxygens (including phenoxy) is 1. The molecule has 1 N–H and O–H groups in total. The molecule has 1 heterocycles. The van der Waals surface area contributed by atoms with Crippen LogP contribution in [0.15, 0.2) is 54.6 Å². The predicted octanol–water partition coefficient (Wildman–Crippen LogP) is 3.37. The van der Waals surface area contributed by atoms with Crippen molar-refractivity contribution in [1.29, 1.82) is 0 Å². The van der Waals surface area contributed by atoms with E-state index in [1.54, 1.807) is 24.3 Å². The Morgan fingerprint density at radius 3 is 2.83 bits per heavy atom. The molecular formula is C19H21ClN2O2. The van der Waals surface area contributed by atoms with Crippen molar-refractivity contribution in [2.45, 2.75) is 12.5 Å². The summed E-state index contributed by atoms with van der Waals surface area (Å²) in [6, 6.07) is 17.3. The number of hydrogen-bond acceptors (Lipinski definition) is 3. The van der Waals surface area contributed by atoms with Crippen molar-refractivity contribution < 1.29 is 9.53 Å². The molecule has 3 rings (SSSR count). The summed E-state index contributed by atoms with van der Waals surface area (Å²) in [5, 5.41) is 3.50. The Kier molecular flexibility index (Phi) is 5.72. The number of anilines is 1. The van der Waals surface area contributed by atoms with E-state index in [0.29, 0.717) is 23.7 Å². The average Bonchev–Trinajstić information content (AvgIpc) is 2.63. The first-order valence-electron chi connectivity index (χ1n) is 8.18. The summed E-state index contributed by atoms with van der Waals surface area (Å²) in [5.41, 5.74) is 1.80. The molecule has 4 nitrogen and oxygen atoms in total. The number of para-hydroxylation sites is 1. The van der Waals surface area contributed by atoms with Crippen LogP contribution in [0.3, 0.4) is 0 Å². The number of hydrogen-bond donors (Lipinski definition) is 1. The maximum absolute atomic E-state index is 12.1. The van der Waals surface area contributed by atoms with Gasteiger partial charge in [0.15, 0.2) is 0 Å². The van der Waals surface area contributed by atoms with Crippen molar-refractivity contribution in [3.63, 3.8) is 0 Å². The van der Waals surface area contributed by atoms with Crippen molar-refractivity contribution in [3.8, 4) is 0 Å². The Balaban J connectivity index is 1.47. The lowest BCUT2D eigenvalue weighted by Gasteiger charge is -2.34. The summed E-state index contributed by atoms with van der Waals surface area (Å²) in [6.07, 6.45) is 0.911. The van der Waals surface area contributed by atoms with E-state index < -0.39 is 0 Å². The van der Waals surface area contributed by atoms with Gasteiger partial charge in [-0.1, -0.05) is 35.9 Å². The van der Waals surface area contributed by atoms with Gasteiger partial charge >= 0.3 is 0 Å². The lowest BCUT2D eigenvalue weighted by molar-refractivity contribution is 0.0354. The molecule has 0 spiro atoms. The number of nitrogens with zero attached hydrogens (tertiary/aromatic N) is 1. The zero-order valence-corrected chi connectivity index (χ0v) is 14.2. The van der Waals surface area contributed by atoms with Gasteiger partial charge in [0, 0.05) is 35.9 Å². The summed E-state index contributed by atoms with van der Waals surface area (Å²) in [7, 11) is 0. The molecular weight excluding hydrogens is 324 g/mol. The first kappa shape index (κ1) is 16.8. The Morgan fingerprint density at radius 1 is 1.21 bits per heavy atom. The van der Waals surface area contributed by atoms with Crippen molar-refractivity contribution in [2.24, 2.45) is 0 Å². The molecule has 1 amide bonds. The first-order chi connectivity index (χ1) is 11.7. The lowest BCUT2D eigenvalue weighted by atomic mass is 10.1. The minimum atomic E-state index is -0.103. The topological polar surface area (TPSA) is 41.6 Å². The maximum atomic E-state index is 12.1. The molecule has 5 heteroatoms. The second-order valence-electron chi connectivity index (χ2n) is 5.83. The van der Waals surface area contributed by atoms with E-state index in [-0.39, 0.29) is 12.0 Å². The van der Waals surface area contributed by atoms with Crippen LogP contribution >= 0.6 is 11.6 Å². The van der Waals surface area contributed by atoms with Gasteiger partial charge in [0.2, 0.25) is 0 Å². The monoisotopic (exact) mass is 344 g/mol. The number of carbonyl (C=O) groups is 1. The van der Waals surface area contributed by atoms with Gasteiger partial charge in [0.05, 0.1) is 12.7 Å². The van der Waals surface area contributed by atoms with E-state index in [4.69, 9.17) is 16.3 Å². The zero-order valence-electron chi connectivity index (χ0n) is 13.5. The third kappa shape index (κ3) is 4.49. The number of halogens is 1. The highest BCUT2D eigenvalue weighted by atomic mass is 35.5. The molecule has 126 valence electrons. The van der Waals surface area contributed by atoms with Crippen LogP contribution in [0, 0.1) is 0 Å². The van der Waals surface area contributed by atoms with E-state index in [0.717, 1.165) is 19.5 Å². The van der Waals surface area contributed by atoms with E-state index in [1.165, 1.54) is 5.69 Å². The fourth-order valence-electron chi connectivity index (χ4n) is 2.85. The molecule has 0 bridgehead atoms. The number of amides is 1. The van der Waals surface area contributed by atoms with Gasteiger partial charge < -0.3 is 15.0 Å². The van der Waals surface area contributed by atoms with Crippen LogP contribution in [-0.2, 0) is 4.74 Å². The molecule has 1 unspecified atom stereocenters. The minimum absolute atomic E-state index is 0.103. The average molecular weight is 345 g/mol. The van der Waals surface area contributed by atoms with Crippen LogP contribution in [0.5, 0.6) is 0 Å². The largest absolute Gasteiger partial charge is 0.374 e. The van der Waals surface area contributed by atoms with Crippen molar-refractivity contribution in [2.75, 3.05) is 31.1 Å². The molecule has 0 aromatic heterocycles. The smallest absolute Gasteiger partial charge is 0.251 e. The third-order valence-electron chi connectivity index (χ3n) is 4.10. The Bertz CT molecular complexity index is 678. The summed E-state index contributed by atoms with van der Waals surface area (Å²) < 4.78 is 5.82. The van der Waals surface area contributed by atoms with E-state index in [9.17, 15) is 4.79 Å². The van der Waals surface area contributed by atoms with Crippen LogP contribution < -0.4 is 10.2 Å². The van der Waals surface area contributed by atoms with Crippen LogP contribution in [0.1, 0.15) is 16.8 Å². The highest BCUT2D eigenvalue weighted by Gasteiger charge is 2.20. The van der Waals surface area contributed by atoms with Crippen LogP contribution in [0.2, 0.25) is 5.02 Å². The normalized spacial score (nSPS) is 17.5. The fourth-order valence-corrected chi connectivity index (χ4v) is 3.04. The number of benzene rings is 2. The molecule has 2 aromatic carbocycles. The zero-order chi connectivity index (χ0) is 16.8. The number of rotatable bonds is 5. The molecule has 1 atom stereocenters. The van der Waals surface area contributed by atoms with Gasteiger partial charge in [-0.25, -0.2) is 0 Å². The summed E-state index contributed by atoms with van der Waals surface area (Å²) in [5.74, 6) is -0.103. The third-order valence-corrected chi connectivity index (χ3v) is 4.33. The molecule has 24 heavy (non-hydrogen) atoms. The lowest BCUT2D eigenvalue weighted by Crippen LogP contribution is -2.43. The molecule has 1 aliphatic rings. The molecule has 0 aliphatic carbocycles. The Hall–Kier alpha value is -2.04. The first-order valence-corrected chi connectivity index (χ1v) is 8.55. The number of morpholine rings is 1. The minimum Gasteiger partial charge on any atom is -0.374 e. The highest BCUT2D eigenvalue weighted by molar-refractivity contribution is 6.30. The molecule has 1 fully saturated rings. The second kappa shape index (κ2) is 8.18. The van der Waals surface area contributed by atoms with Gasteiger partial charge in [0.25, 0.3) is 5.91 Å². The predicted molar refractivity (Wildman–Crippen MR) is 96.8 cm³/mol. The molecule has 2 aromatic rings. The molecule has 1 aliphatic heterocycles. The van der Waals surface area contributed by atoms with Gasteiger partial charge in [-0.2, -0.15) is 0 Å². The standard InChI is InChI=1S/C19H21ClN2O2/c20-16-6-4-5-15(13-16)19(23)21-10-9-18-14-22(11-12-24-18)17-7-2-1-3-8-17/h1-8,13,18H,9-12,14H2,(H,21,23). The van der Waals surface area contributed by atoms with Gasteiger partial charge in [-0.15, -0.1) is 0 Å². The van der Waals surface area contributed by atoms with E-state index in [1.807, 2.05) is 18.2 Å². The van der Waals surface area contributed by atoms with Crippen molar-refractivity contribution in [3.05, 3.63) is 65.2 Å². The van der Waals surface area contributed by atoms with Crippen molar-refractivity contribution in [1.82, 2.24) is 5.32 Å². The van der Waals surface area contributed by atoms with Gasteiger partial charge in [0.1, 0.15) is 0 Å². The van der Waals surface area contributed by atoms with Gasteiger partial charge in [-0.05, 0) is 36.8 Å². The molecule has 1 saturated heterocycles. The van der Waals surface area contributed by atoms with Gasteiger partial charge in [-0.3, -0.25) is 4.79 Å². The van der Waals surface area contributed by atoms with Crippen LogP contribution in [0.25, 0.3) is 0 Å². The number of carbonyl (C=O) groups excluding carboxylic acids is 1. The van der Waals surface area contributed by atoms with Crippen LogP contribution in [-0.4, -0.2) is 38.3 Å². The Labute approximate surface area is 147 Å². The van der Waals surface area contributed by atoms with Crippen molar-refractivity contribution >= 4 is 23.2 Å².